The molecule has 0 unspecified atom stereocenters. The Morgan fingerprint density at radius 2 is 1.95 bits per heavy atom. The van der Waals surface area contributed by atoms with Crippen LogP contribution in [0.15, 0.2) is 29.2 Å². The summed E-state index contributed by atoms with van der Waals surface area (Å²) in [7, 11) is -3.52. The SMILES string of the molecule is O=S(=O)(NCCCN1CCOCC1)c1ccccc1Cl. The molecule has 0 radical (unpaired) electrons. The molecule has 0 saturated carbocycles. The van der Waals surface area contributed by atoms with E-state index in [9.17, 15) is 8.42 Å². The van der Waals surface area contributed by atoms with E-state index in [1.807, 2.05) is 0 Å². The van der Waals surface area contributed by atoms with Gasteiger partial charge in [-0.15, -0.1) is 0 Å². The van der Waals surface area contributed by atoms with Gasteiger partial charge in [0.2, 0.25) is 10.0 Å². The second-order valence-electron chi connectivity index (χ2n) is 4.64. The highest BCUT2D eigenvalue weighted by atomic mass is 35.5. The van der Waals surface area contributed by atoms with Gasteiger partial charge in [0.15, 0.2) is 0 Å². The van der Waals surface area contributed by atoms with E-state index in [4.69, 9.17) is 16.3 Å². The fourth-order valence-corrected chi connectivity index (χ4v) is 3.67. The summed E-state index contributed by atoms with van der Waals surface area (Å²) in [6.07, 6.45) is 0.768. The summed E-state index contributed by atoms with van der Waals surface area (Å²) in [4.78, 5) is 2.40. The largest absolute Gasteiger partial charge is 0.379 e. The van der Waals surface area contributed by atoms with Gasteiger partial charge < -0.3 is 4.74 Å². The molecule has 0 amide bonds. The van der Waals surface area contributed by atoms with Crippen molar-refractivity contribution in [3.8, 4) is 0 Å². The van der Waals surface area contributed by atoms with Crippen molar-refractivity contribution < 1.29 is 13.2 Å². The van der Waals surface area contributed by atoms with Crippen molar-refractivity contribution >= 4 is 21.6 Å². The number of halogens is 1. The summed E-state index contributed by atoms with van der Waals surface area (Å²) < 4.78 is 32.0. The van der Waals surface area contributed by atoms with E-state index in [1.54, 1.807) is 18.2 Å². The fourth-order valence-electron chi connectivity index (χ4n) is 2.07. The fraction of sp³-hybridized carbons (Fsp3) is 0.538. The molecule has 0 spiro atoms. The third-order valence-electron chi connectivity index (χ3n) is 3.17. The summed E-state index contributed by atoms with van der Waals surface area (Å²) in [6.45, 7) is 4.62. The number of hydrogen-bond donors (Lipinski definition) is 1. The van der Waals surface area contributed by atoms with Crippen LogP contribution in [0.4, 0.5) is 0 Å². The van der Waals surface area contributed by atoms with Crippen LogP contribution >= 0.6 is 11.6 Å². The monoisotopic (exact) mass is 318 g/mol. The van der Waals surface area contributed by atoms with Gasteiger partial charge in [0, 0.05) is 19.6 Å². The van der Waals surface area contributed by atoms with Crippen LogP contribution in [0.3, 0.4) is 0 Å². The minimum atomic E-state index is -3.52. The molecule has 1 aromatic carbocycles. The molecule has 5 nitrogen and oxygen atoms in total. The van der Waals surface area contributed by atoms with Crippen LogP contribution in [0.2, 0.25) is 5.02 Å². The second-order valence-corrected chi connectivity index (χ2v) is 6.78. The Morgan fingerprint density at radius 1 is 1.25 bits per heavy atom. The zero-order valence-corrected chi connectivity index (χ0v) is 12.8. The van der Waals surface area contributed by atoms with Crippen LogP contribution in [0.5, 0.6) is 0 Å². The van der Waals surface area contributed by atoms with Gasteiger partial charge in [0.25, 0.3) is 0 Å². The number of rotatable bonds is 6. The summed E-state index contributed by atoms with van der Waals surface area (Å²) >= 11 is 5.90. The lowest BCUT2D eigenvalue weighted by Gasteiger charge is -2.26. The highest BCUT2D eigenvalue weighted by molar-refractivity contribution is 7.89. The topological polar surface area (TPSA) is 58.6 Å². The molecule has 1 aliphatic rings. The Hall–Kier alpha value is -0.660. The number of benzene rings is 1. The Labute approximate surface area is 124 Å². The molecule has 0 atom stereocenters. The molecular weight excluding hydrogens is 300 g/mol. The standard InChI is InChI=1S/C13H19ClN2O3S/c14-12-4-1-2-5-13(12)20(17,18)15-6-3-7-16-8-10-19-11-9-16/h1-2,4-5,15H,3,6-11H2. The van der Waals surface area contributed by atoms with E-state index in [2.05, 4.69) is 9.62 Å². The summed E-state index contributed by atoms with van der Waals surface area (Å²) in [5, 5.41) is 0.244. The van der Waals surface area contributed by atoms with E-state index in [1.165, 1.54) is 6.07 Å². The van der Waals surface area contributed by atoms with Crippen molar-refractivity contribution in [2.45, 2.75) is 11.3 Å². The maximum atomic E-state index is 12.1. The van der Waals surface area contributed by atoms with Gasteiger partial charge in [0.1, 0.15) is 4.90 Å². The molecule has 2 rings (SSSR count). The summed E-state index contributed by atoms with van der Waals surface area (Å²) in [5.74, 6) is 0. The van der Waals surface area contributed by atoms with Crippen LogP contribution in [-0.4, -0.2) is 52.7 Å². The molecule has 0 bridgehead atoms. The van der Waals surface area contributed by atoms with Crippen molar-refractivity contribution in [2.75, 3.05) is 39.4 Å². The van der Waals surface area contributed by atoms with Crippen molar-refractivity contribution in [1.29, 1.82) is 0 Å². The van der Waals surface area contributed by atoms with E-state index < -0.39 is 10.0 Å². The molecule has 1 saturated heterocycles. The van der Waals surface area contributed by atoms with Crippen molar-refractivity contribution in [2.24, 2.45) is 0 Å². The second kappa shape index (κ2) is 7.38. The highest BCUT2D eigenvalue weighted by Gasteiger charge is 2.17. The first kappa shape index (κ1) is 15.7. The Bertz CT molecular complexity index is 530. The van der Waals surface area contributed by atoms with E-state index in [0.29, 0.717) is 6.54 Å². The van der Waals surface area contributed by atoms with Gasteiger partial charge in [-0.25, -0.2) is 13.1 Å². The van der Waals surface area contributed by atoms with Gasteiger partial charge in [0.05, 0.1) is 18.2 Å². The normalized spacial score (nSPS) is 17.2. The first-order chi connectivity index (χ1) is 9.59. The van der Waals surface area contributed by atoms with Crippen LogP contribution in [0.1, 0.15) is 6.42 Å². The summed E-state index contributed by atoms with van der Waals surface area (Å²) in [6, 6.07) is 6.45. The van der Waals surface area contributed by atoms with Crippen molar-refractivity contribution in [3.05, 3.63) is 29.3 Å². The van der Waals surface area contributed by atoms with E-state index in [0.717, 1.165) is 39.3 Å². The first-order valence-corrected chi connectivity index (χ1v) is 8.50. The average Bonchev–Trinajstić information content (AvgIpc) is 2.45. The van der Waals surface area contributed by atoms with Crippen LogP contribution < -0.4 is 4.72 Å². The molecule has 1 heterocycles. The van der Waals surface area contributed by atoms with Gasteiger partial charge >= 0.3 is 0 Å². The van der Waals surface area contributed by atoms with Crippen molar-refractivity contribution in [1.82, 2.24) is 9.62 Å². The zero-order chi connectivity index (χ0) is 14.4. The highest BCUT2D eigenvalue weighted by Crippen LogP contribution is 2.19. The quantitative estimate of drug-likeness (QED) is 0.804. The number of sulfonamides is 1. The van der Waals surface area contributed by atoms with Crippen LogP contribution in [0, 0.1) is 0 Å². The van der Waals surface area contributed by atoms with Gasteiger partial charge in [-0.05, 0) is 25.1 Å². The maximum absolute atomic E-state index is 12.1. The lowest BCUT2D eigenvalue weighted by molar-refractivity contribution is 0.0376. The molecule has 0 aromatic heterocycles. The number of nitrogens with zero attached hydrogens (tertiary/aromatic N) is 1. The van der Waals surface area contributed by atoms with Gasteiger partial charge in [-0.2, -0.15) is 0 Å². The molecule has 1 N–H and O–H groups in total. The molecule has 7 heteroatoms. The zero-order valence-electron chi connectivity index (χ0n) is 11.2. The third kappa shape index (κ3) is 4.43. The minimum absolute atomic E-state index is 0.132. The molecular formula is C13H19ClN2O3S. The van der Waals surface area contributed by atoms with E-state index >= 15 is 0 Å². The molecule has 20 heavy (non-hydrogen) atoms. The molecule has 1 fully saturated rings. The maximum Gasteiger partial charge on any atom is 0.242 e. The third-order valence-corrected chi connectivity index (χ3v) is 5.13. The minimum Gasteiger partial charge on any atom is -0.379 e. The molecule has 112 valence electrons. The molecule has 0 aliphatic carbocycles. The molecule has 1 aromatic rings. The number of nitrogens with one attached hydrogen (secondary N) is 1. The lowest BCUT2D eigenvalue weighted by atomic mass is 10.3. The van der Waals surface area contributed by atoms with Crippen molar-refractivity contribution in [3.63, 3.8) is 0 Å². The number of ether oxygens (including phenoxy) is 1. The predicted molar refractivity (Wildman–Crippen MR) is 78.5 cm³/mol. The first-order valence-electron chi connectivity index (χ1n) is 6.64. The van der Waals surface area contributed by atoms with Crippen LogP contribution in [-0.2, 0) is 14.8 Å². The Kier molecular flexibility index (Phi) is 5.80. The number of hydrogen-bond acceptors (Lipinski definition) is 4. The predicted octanol–water partition coefficient (Wildman–Crippen LogP) is 1.34. The Morgan fingerprint density at radius 3 is 2.65 bits per heavy atom. The summed E-state index contributed by atoms with van der Waals surface area (Å²) in [5.41, 5.74) is 0. The Balaban J connectivity index is 1.79. The van der Waals surface area contributed by atoms with Gasteiger partial charge in [-0.1, -0.05) is 23.7 Å². The average molecular weight is 319 g/mol. The van der Waals surface area contributed by atoms with Crippen LogP contribution in [0.25, 0.3) is 0 Å². The smallest absolute Gasteiger partial charge is 0.242 e. The lowest BCUT2D eigenvalue weighted by Crippen LogP contribution is -2.38. The van der Waals surface area contributed by atoms with Gasteiger partial charge in [-0.3, -0.25) is 4.90 Å². The van der Waals surface area contributed by atoms with E-state index in [-0.39, 0.29) is 9.92 Å². The number of morpholine rings is 1. The molecule has 1 aliphatic heterocycles.